The van der Waals surface area contributed by atoms with Gasteiger partial charge in [-0.2, -0.15) is 0 Å². The van der Waals surface area contributed by atoms with Gasteiger partial charge in [-0.3, -0.25) is 19.9 Å². The lowest BCUT2D eigenvalue weighted by molar-refractivity contribution is 1.10. The van der Waals surface area contributed by atoms with Gasteiger partial charge in [0, 0.05) is 47.0 Å². The van der Waals surface area contributed by atoms with Crippen molar-refractivity contribution in [1.29, 1.82) is 0 Å². The Hall–Kier alpha value is -6.80. The summed E-state index contributed by atoms with van der Waals surface area (Å²) in [6, 6.07) is 25.1. The van der Waals surface area contributed by atoms with E-state index in [1.165, 1.54) is 0 Å². The number of aromatic nitrogens is 8. The van der Waals surface area contributed by atoms with Crippen molar-refractivity contribution in [2.75, 3.05) is 0 Å². The van der Waals surface area contributed by atoms with E-state index in [0.29, 0.717) is 0 Å². The number of rotatable bonds is 8. The van der Waals surface area contributed by atoms with Crippen molar-refractivity contribution in [1.82, 2.24) is 39.9 Å². The van der Waals surface area contributed by atoms with Crippen LogP contribution in [0.15, 0.2) is 97.6 Å². The Balaban J connectivity index is 1.51. The van der Waals surface area contributed by atoms with Gasteiger partial charge in [0.1, 0.15) is 0 Å². The van der Waals surface area contributed by atoms with Gasteiger partial charge in [0.25, 0.3) is 0 Å². The molecule has 0 spiro atoms. The van der Waals surface area contributed by atoms with Crippen LogP contribution in [0.3, 0.4) is 0 Å². The van der Waals surface area contributed by atoms with Crippen LogP contribution in [0.2, 0.25) is 0 Å². The van der Waals surface area contributed by atoms with Crippen molar-refractivity contribution in [3.05, 3.63) is 143 Å². The topological polar surface area (TPSA) is 109 Å². The van der Waals surface area contributed by atoms with Crippen LogP contribution in [-0.2, 0) is 25.7 Å². The average Bonchev–Trinajstić information content (AvgIpc) is 4.10. The van der Waals surface area contributed by atoms with Crippen molar-refractivity contribution in [3.8, 4) is 45.0 Å². The molecule has 0 fully saturated rings. The average molecular weight is 731 g/mol. The Bertz CT molecular complexity index is 2490. The van der Waals surface area contributed by atoms with Gasteiger partial charge in [-0.1, -0.05) is 52.0 Å². The molecule has 0 radical (unpaired) electrons. The summed E-state index contributed by atoms with van der Waals surface area (Å²) in [7, 11) is 0. The molecular formula is C48H42N8. The molecule has 2 N–H and O–H groups in total. The second-order valence-electron chi connectivity index (χ2n) is 14.0. The van der Waals surface area contributed by atoms with Gasteiger partial charge >= 0.3 is 0 Å². The molecule has 8 heteroatoms. The molecule has 0 atom stereocenters. The number of aromatic amines is 2. The van der Waals surface area contributed by atoms with Crippen molar-refractivity contribution in [2.24, 2.45) is 0 Å². The van der Waals surface area contributed by atoms with Crippen LogP contribution in [-0.4, -0.2) is 39.9 Å². The highest BCUT2D eigenvalue weighted by molar-refractivity contribution is 5.99. The fourth-order valence-electron chi connectivity index (χ4n) is 8.00. The van der Waals surface area contributed by atoms with E-state index in [0.717, 1.165) is 138 Å². The number of hydrogen-bond donors (Lipinski definition) is 2. The molecule has 2 aliphatic rings. The van der Waals surface area contributed by atoms with E-state index in [-0.39, 0.29) is 0 Å². The highest BCUT2D eigenvalue weighted by atomic mass is 14.8. The Morgan fingerprint density at radius 1 is 0.357 bits per heavy atom. The van der Waals surface area contributed by atoms with E-state index >= 15 is 0 Å². The molecule has 8 nitrogen and oxygen atoms in total. The van der Waals surface area contributed by atoms with Crippen LogP contribution < -0.4 is 0 Å². The molecule has 9 heterocycles. The van der Waals surface area contributed by atoms with Crippen molar-refractivity contribution < 1.29 is 0 Å². The van der Waals surface area contributed by atoms with Crippen molar-refractivity contribution >= 4 is 46.4 Å². The van der Waals surface area contributed by atoms with Gasteiger partial charge < -0.3 is 9.97 Å². The van der Waals surface area contributed by atoms with E-state index in [9.17, 15) is 0 Å². The second-order valence-corrected chi connectivity index (χ2v) is 14.0. The number of aryl methyl sites for hydroxylation is 4. The Morgan fingerprint density at radius 2 is 0.607 bits per heavy atom. The van der Waals surface area contributed by atoms with Crippen LogP contribution in [0.25, 0.3) is 91.4 Å². The zero-order chi connectivity index (χ0) is 38.2. The van der Waals surface area contributed by atoms with Crippen LogP contribution in [0.1, 0.15) is 72.7 Å². The molecule has 0 aliphatic carbocycles. The molecule has 2 aliphatic heterocycles. The van der Waals surface area contributed by atoms with Gasteiger partial charge in [0.05, 0.1) is 67.6 Å². The van der Waals surface area contributed by atoms with Gasteiger partial charge in [0.2, 0.25) is 0 Å². The first-order valence-corrected chi connectivity index (χ1v) is 19.5. The lowest BCUT2D eigenvalue weighted by atomic mass is 10.0. The molecule has 56 heavy (non-hydrogen) atoms. The van der Waals surface area contributed by atoms with E-state index in [1.807, 2.05) is 49.1 Å². The maximum atomic E-state index is 5.45. The Labute approximate surface area is 326 Å². The maximum absolute atomic E-state index is 5.45. The summed E-state index contributed by atoms with van der Waals surface area (Å²) in [5, 5.41) is 0. The third kappa shape index (κ3) is 6.04. The van der Waals surface area contributed by atoms with Crippen LogP contribution >= 0.6 is 0 Å². The third-order valence-electron chi connectivity index (χ3n) is 10.8. The first kappa shape index (κ1) is 34.9. The quantitative estimate of drug-likeness (QED) is 0.161. The minimum absolute atomic E-state index is 0.822. The molecule has 0 unspecified atom stereocenters. The normalized spacial score (nSPS) is 12.1. The second kappa shape index (κ2) is 14.8. The van der Waals surface area contributed by atoms with Gasteiger partial charge in [-0.15, -0.1) is 0 Å². The summed E-state index contributed by atoms with van der Waals surface area (Å²) in [4.78, 5) is 38.5. The summed E-state index contributed by atoms with van der Waals surface area (Å²) in [5.41, 5.74) is 18.8. The monoisotopic (exact) mass is 730 g/mol. The smallest absolute Gasteiger partial charge is 0.0776 e. The zero-order valence-corrected chi connectivity index (χ0v) is 32.1. The summed E-state index contributed by atoms with van der Waals surface area (Å²) in [6.07, 6.45) is 19.2. The molecular weight excluding hydrogens is 689 g/mol. The molecule has 0 amide bonds. The van der Waals surface area contributed by atoms with E-state index < -0.39 is 0 Å². The first-order valence-electron chi connectivity index (χ1n) is 19.5. The molecule has 0 aromatic carbocycles. The molecule has 7 aromatic rings. The van der Waals surface area contributed by atoms with Gasteiger partial charge in [-0.05, 0) is 121 Å². The minimum Gasteiger partial charge on any atom is -0.354 e. The number of nitrogens with one attached hydrogen (secondary N) is 2. The third-order valence-corrected chi connectivity index (χ3v) is 10.8. The highest BCUT2D eigenvalue weighted by Gasteiger charge is 2.22. The Morgan fingerprint density at radius 3 is 0.839 bits per heavy atom. The molecule has 8 bridgehead atoms. The van der Waals surface area contributed by atoms with Gasteiger partial charge in [-0.25, -0.2) is 9.97 Å². The molecule has 9 rings (SSSR count). The van der Waals surface area contributed by atoms with E-state index in [1.54, 1.807) is 0 Å². The summed E-state index contributed by atoms with van der Waals surface area (Å²) in [6.45, 7) is 8.67. The molecule has 274 valence electrons. The number of pyridine rings is 4. The lowest BCUT2D eigenvalue weighted by Crippen LogP contribution is -1.97. The summed E-state index contributed by atoms with van der Waals surface area (Å²) in [5.74, 6) is 0. The van der Waals surface area contributed by atoms with Crippen molar-refractivity contribution in [3.63, 3.8) is 0 Å². The summed E-state index contributed by atoms with van der Waals surface area (Å²) < 4.78 is 0. The SMILES string of the molecule is CCc1cccnc1-c1c2nc(c(-c3ncccc3CC)c3ccc([nH]3)c(-c3ncccc3CC)c3nc(c(-c4ncccc4CC)c4ccc1[nH]4)C=C3)C=C2. The fraction of sp³-hybridized carbons (Fsp3) is 0.167. The van der Waals surface area contributed by atoms with Gasteiger partial charge in [0.15, 0.2) is 0 Å². The predicted molar refractivity (Wildman–Crippen MR) is 229 cm³/mol. The number of hydrogen-bond acceptors (Lipinski definition) is 6. The zero-order valence-electron chi connectivity index (χ0n) is 32.1. The van der Waals surface area contributed by atoms with E-state index in [2.05, 4.69) is 110 Å². The fourth-order valence-corrected chi connectivity index (χ4v) is 8.00. The molecule has 7 aromatic heterocycles. The lowest BCUT2D eigenvalue weighted by Gasteiger charge is -2.10. The van der Waals surface area contributed by atoms with Crippen LogP contribution in [0.5, 0.6) is 0 Å². The number of H-pyrrole nitrogens is 2. The highest BCUT2D eigenvalue weighted by Crippen LogP contribution is 2.39. The predicted octanol–water partition coefficient (Wildman–Crippen LogP) is 11.2. The minimum atomic E-state index is 0.822. The van der Waals surface area contributed by atoms with Crippen LogP contribution in [0, 0.1) is 0 Å². The maximum Gasteiger partial charge on any atom is 0.0776 e. The van der Waals surface area contributed by atoms with Crippen LogP contribution in [0.4, 0.5) is 0 Å². The number of nitrogens with zero attached hydrogens (tertiary/aromatic N) is 6. The summed E-state index contributed by atoms with van der Waals surface area (Å²) >= 11 is 0. The first-order chi connectivity index (χ1) is 27.6. The standard InChI is InChI=1S/C48H42N8/c1-5-29-13-9-25-49-45(29)41-33-17-19-35(53-33)42(46-30(6-2)14-10-26-50-46)37-21-23-39(55-37)44(48-32(8-4)16-12-28-52-48)40-24-22-38(56-40)43(36-20-18-34(41)54-36)47-31(7-3)15-11-27-51-47/h9-28,53,56H,5-8H2,1-4H3. The largest absolute Gasteiger partial charge is 0.354 e. The molecule has 0 saturated heterocycles. The number of fused-ring (bicyclic) bond motifs is 8. The van der Waals surface area contributed by atoms with Crippen molar-refractivity contribution in [2.45, 2.75) is 53.4 Å². The Kier molecular flexibility index (Phi) is 9.23. The van der Waals surface area contributed by atoms with E-state index in [4.69, 9.17) is 29.9 Å². The molecule has 0 saturated carbocycles.